The Hall–Kier alpha value is -3.12. The van der Waals surface area contributed by atoms with Crippen molar-refractivity contribution in [2.24, 2.45) is 5.73 Å². The maximum absolute atomic E-state index is 12.5. The first-order valence-corrected chi connectivity index (χ1v) is 11.1. The second-order valence-electron chi connectivity index (χ2n) is 8.30. The van der Waals surface area contributed by atoms with Crippen LogP contribution < -0.4 is 11.1 Å². The molecule has 1 aliphatic heterocycles. The van der Waals surface area contributed by atoms with E-state index in [0.29, 0.717) is 5.56 Å². The number of aliphatic hydroxyl groups is 3. The fourth-order valence-corrected chi connectivity index (χ4v) is 3.84. The lowest BCUT2D eigenvalue weighted by molar-refractivity contribution is -0.305. The lowest BCUT2D eigenvalue weighted by Crippen LogP contribution is -2.66. The van der Waals surface area contributed by atoms with Crippen LogP contribution in [0, 0.1) is 0 Å². The second-order valence-corrected chi connectivity index (χ2v) is 8.30. The van der Waals surface area contributed by atoms with Crippen LogP contribution in [-0.4, -0.2) is 81.7 Å². The average Bonchev–Trinajstić information content (AvgIpc) is 2.87. The third-order valence-electron chi connectivity index (χ3n) is 5.84. The van der Waals surface area contributed by atoms with Crippen LogP contribution in [0.5, 0.6) is 0 Å². The van der Waals surface area contributed by atoms with Crippen molar-refractivity contribution in [2.45, 2.75) is 42.7 Å². The molecule has 0 bridgehead atoms. The molecule has 1 aliphatic rings. The third-order valence-corrected chi connectivity index (χ3v) is 5.84. The molecule has 10 heteroatoms. The van der Waals surface area contributed by atoms with Crippen molar-refractivity contribution in [3.05, 3.63) is 72.8 Å². The molecule has 7 N–H and O–H groups in total. The number of carbonyl (C=O) groups is 2. The van der Waals surface area contributed by atoms with Gasteiger partial charge in [0.15, 0.2) is 0 Å². The molecule has 0 aromatic heterocycles. The van der Waals surface area contributed by atoms with Crippen molar-refractivity contribution < 1.29 is 39.5 Å². The summed E-state index contributed by atoms with van der Waals surface area (Å²) >= 11 is 0. The minimum Gasteiger partial charge on any atom is -0.477 e. The van der Waals surface area contributed by atoms with Gasteiger partial charge in [0, 0.05) is 18.5 Å². The van der Waals surface area contributed by atoms with Crippen LogP contribution >= 0.6 is 0 Å². The highest BCUT2D eigenvalue weighted by Crippen LogP contribution is 2.32. The molecule has 2 aromatic carbocycles. The van der Waals surface area contributed by atoms with Gasteiger partial charge in [-0.15, -0.1) is 6.58 Å². The van der Waals surface area contributed by atoms with Gasteiger partial charge >= 0.3 is 5.97 Å². The van der Waals surface area contributed by atoms with Crippen molar-refractivity contribution in [1.82, 2.24) is 5.32 Å². The van der Waals surface area contributed by atoms with E-state index in [1.165, 1.54) is 6.08 Å². The average molecular weight is 487 g/mol. The van der Waals surface area contributed by atoms with Gasteiger partial charge in [0.25, 0.3) is 11.7 Å². The minimum atomic E-state index is -2.28. The number of carboxylic acid groups (broad SMARTS) is 1. The summed E-state index contributed by atoms with van der Waals surface area (Å²) in [5, 5.41) is 43.5. The van der Waals surface area contributed by atoms with Crippen LogP contribution in [0.4, 0.5) is 0 Å². The van der Waals surface area contributed by atoms with E-state index >= 15 is 0 Å². The zero-order valence-electron chi connectivity index (χ0n) is 19.0. The molecular formula is C25H30N2O8. The van der Waals surface area contributed by atoms with Gasteiger partial charge in [-0.2, -0.15) is 0 Å². The smallest absolute Gasteiger partial charge is 0.364 e. The highest BCUT2D eigenvalue weighted by molar-refractivity contribution is 5.94. The van der Waals surface area contributed by atoms with Gasteiger partial charge in [0.05, 0.1) is 24.9 Å². The zero-order valence-corrected chi connectivity index (χ0v) is 19.0. The number of nitrogens with two attached hydrogens (primary N) is 1. The standard InChI is InChI=1S/C25H30N2O8/c1-2-12-34-25(24(32)33)13-18(28)20(26)22(35-25)21(30)19(29)14-27-23(31)17-10-8-16(9-11-17)15-6-4-3-5-7-15/h2-11,18-22,28-30H,1,12-14,26H2,(H,27,31)(H,32,33)/t18?,19?,20?,21-,22?,25?/m0/s1. The van der Waals surface area contributed by atoms with Crippen LogP contribution in [0.3, 0.4) is 0 Å². The number of hydrogen-bond acceptors (Lipinski definition) is 8. The molecule has 0 aliphatic carbocycles. The Bertz CT molecular complexity index is 1020. The first-order chi connectivity index (χ1) is 16.7. The van der Waals surface area contributed by atoms with Crippen molar-refractivity contribution in [2.75, 3.05) is 13.2 Å². The number of carboxylic acids is 1. The first kappa shape index (κ1) is 26.5. The van der Waals surface area contributed by atoms with E-state index in [1.807, 2.05) is 30.3 Å². The summed E-state index contributed by atoms with van der Waals surface area (Å²) in [6, 6.07) is 15.3. The summed E-state index contributed by atoms with van der Waals surface area (Å²) in [7, 11) is 0. The Morgan fingerprint density at radius 2 is 1.80 bits per heavy atom. The topological polar surface area (TPSA) is 172 Å². The number of carbonyl (C=O) groups excluding carboxylic acids is 1. The predicted molar refractivity (Wildman–Crippen MR) is 126 cm³/mol. The minimum absolute atomic E-state index is 0.196. The summed E-state index contributed by atoms with van der Waals surface area (Å²) in [5.74, 6) is -4.29. The van der Waals surface area contributed by atoms with Crippen LogP contribution in [-0.2, 0) is 14.3 Å². The van der Waals surface area contributed by atoms with Crippen LogP contribution in [0.15, 0.2) is 67.3 Å². The number of rotatable bonds is 10. The SMILES string of the molecule is C=CCOC1(C(=O)O)CC(O)C(N)C([C@@H](O)C(O)CNC(=O)c2ccc(-c3ccccc3)cc2)O1. The molecule has 0 spiro atoms. The van der Waals surface area contributed by atoms with Crippen LogP contribution in [0.1, 0.15) is 16.8 Å². The molecule has 1 heterocycles. The quantitative estimate of drug-likeness (QED) is 0.258. The summed E-state index contributed by atoms with van der Waals surface area (Å²) in [6.07, 6.45) is -5.36. The first-order valence-electron chi connectivity index (χ1n) is 11.1. The summed E-state index contributed by atoms with van der Waals surface area (Å²) < 4.78 is 10.7. The van der Waals surface area contributed by atoms with Gasteiger partial charge < -0.3 is 41.0 Å². The number of aliphatic carboxylic acids is 1. The Balaban J connectivity index is 1.63. The van der Waals surface area contributed by atoms with Crippen LogP contribution in [0.25, 0.3) is 11.1 Å². The lowest BCUT2D eigenvalue weighted by Gasteiger charge is -2.45. The van der Waals surface area contributed by atoms with Crippen molar-refractivity contribution in [3.8, 4) is 11.1 Å². The number of ether oxygens (including phenoxy) is 2. The third kappa shape index (κ3) is 6.12. The van der Waals surface area contributed by atoms with E-state index in [2.05, 4.69) is 11.9 Å². The lowest BCUT2D eigenvalue weighted by atomic mass is 9.89. The van der Waals surface area contributed by atoms with E-state index in [9.17, 15) is 30.0 Å². The Kier molecular flexibility index (Phi) is 8.73. The molecule has 6 atom stereocenters. The van der Waals surface area contributed by atoms with Crippen molar-refractivity contribution in [1.29, 1.82) is 0 Å². The highest BCUT2D eigenvalue weighted by atomic mass is 16.7. The van der Waals surface area contributed by atoms with E-state index in [-0.39, 0.29) is 13.2 Å². The number of nitrogens with one attached hydrogen (secondary N) is 1. The molecule has 2 aromatic rings. The van der Waals surface area contributed by atoms with Gasteiger partial charge in [0.2, 0.25) is 0 Å². The summed E-state index contributed by atoms with van der Waals surface area (Å²) in [5.41, 5.74) is 8.19. The molecule has 3 rings (SSSR count). The molecule has 1 amide bonds. The Labute approximate surface area is 202 Å². The van der Waals surface area contributed by atoms with E-state index < -0.39 is 54.5 Å². The Morgan fingerprint density at radius 3 is 2.40 bits per heavy atom. The number of benzene rings is 2. The summed E-state index contributed by atoms with van der Waals surface area (Å²) in [6.45, 7) is 2.87. The molecule has 35 heavy (non-hydrogen) atoms. The molecule has 0 radical (unpaired) electrons. The van der Waals surface area contributed by atoms with Crippen molar-refractivity contribution in [3.63, 3.8) is 0 Å². The van der Waals surface area contributed by atoms with Gasteiger partial charge in [0.1, 0.15) is 12.2 Å². The fourth-order valence-electron chi connectivity index (χ4n) is 3.84. The molecule has 1 fully saturated rings. The largest absolute Gasteiger partial charge is 0.477 e. The van der Waals surface area contributed by atoms with Gasteiger partial charge in [-0.3, -0.25) is 4.79 Å². The van der Waals surface area contributed by atoms with E-state index in [1.54, 1.807) is 24.3 Å². The number of hydrogen-bond donors (Lipinski definition) is 6. The molecule has 188 valence electrons. The van der Waals surface area contributed by atoms with Gasteiger partial charge in [-0.05, 0) is 23.3 Å². The normalized spacial score (nSPS) is 25.9. The van der Waals surface area contributed by atoms with E-state index in [4.69, 9.17) is 15.2 Å². The number of amides is 1. The van der Waals surface area contributed by atoms with Gasteiger partial charge in [-0.1, -0.05) is 48.5 Å². The summed E-state index contributed by atoms with van der Waals surface area (Å²) in [4.78, 5) is 24.3. The Morgan fingerprint density at radius 1 is 1.17 bits per heavy atom. The maximum Gasteiger partial charge on any atom is 0.364 e. The molecule has 10 nitrogen and oxygen atoms in total. The van der Waals surface area contributed by atoms with E-state index in [0.717, 1.165) is 11.1 Å². The van der Waals surface area contributed by atoms with Crippen molar-refractivity contribution >= 4 is 11.9 Å². The fraction of sp³-hybridized carbons (Fsp3) is 0.360. The second kappa shape index (κ2) is 11.5. The zero-order chi connectivity index (χ0) is 25.6. The van der Waals surface area contributed by atoms with Crippen LogP contribution in [0.2, 0.25) is 0 Å². The maximum atomic E-state index is 12.5. The molecule has 0 saturated carbocycles. The monoisotopic (exact) mass is 486 g/mol. The number of aliphatic hydroxyl groups excluding tert-OH is 3. The van der Waals surface area contributed by atoms with Gasteiger partial charge in [-0.25, -0.2) is 4.79 Å². The molecule has 1 saturated heterocycles. The molecular weight excluding hydrogens is 456 g/mol. The predicted octanol–water partition coefficient (Wildman–Crippen LogP) is 0.266. The molecule has 5 unspecified atom stereocenters. The highest BCUT2D eigenvalue weighted by Gasteiger charge is 2.54.